The van der Waals surface area contributed by atoms with E-state index in [1.165, 1.54) is 0 Å². The molecule has 0 fully saturated rings. The Bertz CT molecular complexity index is 553. The van der Waals surface area contributed by atoms with E-state index in [4.69, 9.17) is 17.3 Å². The van der Waals surface area contributed by atoms with Crippen molar-refractivity contribution in [2.45, 2.75) is 0 Å². The molecule has 1 aromatic carbocycles. The number of amides is 1. The van der Waals surface area contributed by atoms with Crippen LogP contribution in [-0.4, -0.2) is 15.7 Å². The number of carbonyl (C=O) groups excluding carboxylic acids is 1. The van der Waals surface area contributed by atoms with E-state index in [0.717, 1.165) is 10.2 Å². The Morgan fingerprint density at radius 3 is 2.75 bits per heavy atom. The molecule has 0 aliphatic heterocycles. The molecule has 2 aromatic rings. The molecule has 1 amide bonds. The van der Waals surface area contributed by atoms with E-state index in [2.05, 4.69) is 21.0 Å². The maximum Gasteiger partial charge on any atom is 0.269 e. The minimum atomic E-state index is -0.552. The summed E-state index contributed by atoms with van der Waals surface area (Å²) in [6.45, 7) is 0. The second-order valence-electron chi connectivity index (χ2n) is 3.11. The lowest BCUT2D eigenvalue weighted by molar-refractivity contribution is 0.0995. The van der Waals surface area contributed by atoms with E-state index >= 15 is 0 Å². The van der Waals surface area contributed by atoms with E-state index in [1.54, 1.807) is 35.1 Å². The van der Waals surface area contributed by atoms with Gasteiger partial charge in [0, 0.05) is 15.7 Å². The van der Waals surface area contributed by atoms with Gasteiger partial charge in [0.25, 0.3) is 5.91 Å². The number of halogens is 2. The third kappa shape index (κ3) is 2.10. The van der Waals surface area contributed by atoms with Crippen LogP contribution in [-0.2, 0) is 0 Å². The maximum atomic E-state index is 10.9. The van der Waals surface area contributed by atoms with Gasteiger partial charge < -0.3 is 5.73 Å². The van der Waals surface area contributed by atoms with Crippen LogP contribution in [0.25, 0.3) is 5.69 Å². The highest BCUT2D eigenvalue weighted by atomic mass is 79.9. The van der Waals surface area contributed by atoms with Crippen LogP contribution in [0.15, 0.2) is 34.9 Å². The Balaban J connectivity index is 2.46. The molecule has 0 saturated carbocycles. The highest BCUT2D eigenvalue weighted by Crippen LogP contribution is 2.24. The Morgan fingerprint density at radius 2 is 2.19 bits per heavy atom. The van der Waals surface area contributed by atoms with Crippen LogP contribution < -0.4 is 5.73 Å². The van der Waals surface area contributed by atoms with Crippen molar-refractivity contribution in [3.05, 3.63) is 45.7 Å². The third-order valence-corrected chi connectivity index (χ3v) is 2.87. The number of carbonyl (C=O) groups is 1. The number of benzene rings is 1. The summed E-state index contributed by atoms with van der Waals surface area (Å²) in [4.78, 5) is 10.9. The van der Waals surface area contributed by atoms with Gasteiger partial charge in [-0.1, -0.05) is 11.6 Å². The van der Waals surface area contributed by atoms with E-state index in [-0.39, 0.29) is 5.69 Å². The average Bonchev–Trinajstić information content (AvgIpc) is 2.66. The fraction of sp³-hybridized carbons (Fsp3) is 0. The smallest absolute Gasteiger partial charge is 0.269 e. The number of aromatic nitrogens is 2. The molecule has 16 heavy (non-hydrogen) atoms. The molecule has 0 spiro atoms. The lowest BCUT2D eigenvalue weighted by Crippen LogP contribution is -2.12. The van der Waals surface area contributed by atoms with E-state index in [9.17, 15) is 4.79 Å². The highest BCUT2D eigenvalue weighted by molar-refractivity contribution is 9.10. The van der Waals surface area contributed by atoms with Crippen LogP contribution in [0.4, 0.5) is 0 Å². The van der Waals surface area contributed by atoms with E-state index < -0.39 is 5.91 Å². The minimum absolute atomic E-state index is 0.224. The predicted molar refractivity (Wildman–Crippen MR) is 64.8 cm³/mol. The van der Waals surface area contributed by atoms with Crippen molar-refractivity contribution in [2.75, 3.05) is 0 Å². The summed E-state index contributed by atoms with van der Waals surface area (Å²) in [5.74, 6) is -0.552. The van der Waals surface area contributed by atoms with Gasteiger partial charge >= 0.3 is 0 Å². The predicted octanol–water partition coefficient (Wildman–Crippen LogP) is 2.39. The largest absolute Gasteiger partial charge is 0.364 e. The normalized spacial score (nSPS) is 10.4. The number of rotatable bonds is 2. The number of primary amides is 1. The number of nitrogens with two attached hydrogens (primary N) is 1. The molecule has 0 radical (unpaired) electrons. The monoisotopic (exact) mass is 299 g/mol. The topological polar surface area (TPSA) is 60.9 Å². The standard InChI is InChI=1S/C10H7BrClN3O/c11-7-5-6(12)1-2-9(7)15-4-3-8(14-15)10(13)16/h1-5H,(H2,13,16). The first-order chi connectivity index (χ1) is 7.58. The molecule has 1 heterocycles. The van der Waals surface area contributed by atoms with Crippen molar-refractivity contribution in [3.63, 3.8) is 0 Å². The summed E-state index contributed by atoms with van der Waals surface area (Å²) in [7, 11) is 0. The first-order valence-corrected chi connectivity index (χ1v) is 5.56. The van der Waals surface area contributed by atoms with Crippen molar-refractivity contribution in [1.82, 2.24) is 9.78 Å². The van der Waals surface area contributed by atoms with Gasteiger partial charge in [0.15, 0.2) is 0 Å². The summed E-state index contributed by atoms with van der Waals surface area (Å²) in [6, 6.07) is 6.85. The zero-order valence-corrected chi connectivity index (χ0v) is 10.4. The molecular formula is C10H7BrClN3O. The molecule has 4 nitrogen and oxygen atoms in total. The first-order valence-electron chi connectivity index (χ1n) is 4.39. The lowest BCUT2D eigenvalue weighted by Gasteiger charge is -2.04. The van der Waals surface area contributed by atoms with Crippen LogP contribution >= 0.6 is 27.5 Å². The fourth-order valence-electron chi connectivity index (χ4n) is 1.26. The molecule has 82 valence electrons. The van der Waals surface area contributed by atoms with Crippen LogP contribution in [0.5, 0.6) is 0 Å². The van der Waals surface area contributed by atoms with Gasteiger partial charge in [0.05, 0.1) is 5.69 Å². The van der Waals surface area contributed by atoms with Gasteiger partial charge in [-0.05, 0) is 40.2 Å². The third-order valence-electron chi connectivity index (χ3n) is 2.00. The molecule has 2 N–H and O–H groups in total. The molecule has 0 atom stereocenters. The molecule has 6 heteroatoms. The second-order valence-corrected chi connectivity index (χ2v) is 4.40. The zero-order valence-electron chi connectivity index (χ0n) is 8.02. The molecule has 0 saturated heterocycles. The Hall–Kier alpha value is -1.33. The number of hydrogen-bond acceptors (Lipinski definition) is 2. The molecule has 0 aliphatic carbocycles. The van der Waals surface area contributed by atoms with E-state index in [1.807, 2.05) is 0 Å². The van der Waals surface area contributed by atoms with Crippen LogP contribution in [0.2, 0.25) is 5.02 Å². The summed E-state index contributed by atoms with van der Waals surface area (Å²) >= 11 is 9.19. The summed E-state index contributed by atoms with van der Waals surface area (Å²) in [5, 5.41) is 4.66. The molecule has 0 bridgehead atoms. The Morgan fingerprint density at radius 1 is 1.44 bits per heavy atom. The molecule has 0 unspecified atom stereocenters. The van der Waals surface area contributed by atoms with Crippen molar-refractivity contribution >= 4 is 33.4 Å². The van der Waals surface area contributed by atoms with E-state index in [0.29, 0.717) is 5.02 Å². The van der Waals surface area contributed by atoms with Gasteiger partial charge in [0.2, 0.25) is 0 Å². The molecule has 1 aromatic heterocycles. The van der Waals surface area contributed by atoms with Gasteiger partial charge in [-0.25, -0.2) is 4.68 Å². The maximum absolute atomic E-state index is 10.9. The number of hydrogen-bond donors (Lipinski definition) is 1. The summed E-state index contributed by atoms with van der Waals surface area (Å²) in [6.07, 6.45) is 1.66. The first kappa shape index (κ1) is 11.2. The second kappa shape index (κ2) is 4.27. The molecule has 0 aliphatic rings. The zero-order chi connectivity index (χ0) is 11.7. The Labute approximate surface area is 105 Å². The summed E-state index contributed by atoms with van der Waals surface area (Å²) < 4.78 is 2.35. The minimum Gasteiger partial charge on any atom is -0.364 e. The lowest BCUT2D eigenvalue weighted by atomic mass is 10.3. The van der Waals surface area contributed by atoms with Gasteiger partial charge in [-0.15, -0.1) is 0 Å². The van der Waals surface area contributed by atoms with Crippen LogP contribution in [0, 0.1) is 0 Å². The van der Waals surface area contributed by atoms with Crippen molar-refractivity contribution in [3.8, 4) is 5.69 Å². The highest BCUT2D eigenvalue weighted by Gasteiger charge is 2.08. The average molecular weight is 301 g/mol. The fourth-order valence-corrected chi connectivity index (χ4v) is 2.12. The summed E-state index contributed by atoms with van der Waals surface area (Å²) in [5.41, 5.74) is 6.13. The van der Waals surface area contributed by atoms with Crippen molar-refractivity contribution in [2.24, 2.45) is 5.73 Å². The van der Waals surface area contributed by atoms with Crippen LogP contribution in [0.1, 0.15) is 10.5 Å². The molecule has 2 rings (SSSR count). The SMILES string of the molecule is NC(=O)c1ccn(-c2ccc(Cl)cc2Br)n1. The van der Waals surface area contributed by atoms with Gasteiger partial charge in [-0.2, -0.15) is 5.10 Å². The quantitative estimate of drug-likeness (QED) is 0.925. The van der Waals surface area contributed by atoms with Crippen molar-refractivity contribution < 1.29 is 4.79 Å². The van der Waals surface area contributed by atoms with Gasteiger partial charge in [-0.3, -0.25) is 4.79 Å². The number of nitrogens with zero attached hydrogens (tertiary/aromatic N) is 2. The van der Waals surface area contributed by atoms with Crippen LogP contribution in [0.3, 0.4) is 0 Å². The van der Waals surface area contributed by atoms with Crippen molar-refractivity contribution in [1.29, 1.82) is 0 Å². The van der Waals surface area contributed by atoms with Gasteiger partial charge in [0.1, 0.15) is 5.69 Å². The Kier molecular flexibility index (Phi) is 2.98. The molecular weight excluding hydrogens is 293 g/mol.